The Labute approximate surface area is 315 Å². The van der Waals surface area contributed by atoms with Crippen molar-refractivity contribution in [3.63, 3.8) is 0 Å². The van der Waals surface area contributed by atoms with E-state index in [4.69, 9.17) is 11.0 Å². The van der Waals surface area contributed by atoms with Gasteiger partial charge in [0.05, 0.1) is 40.3 Å². The number of fused-ring (bicyclic) bond motifs is 9. The van der Waals surface area contributed by atoms with Gasteiger partial charge in [-0.1, -0.05) is 84.9 Å². The number of para-hydroxylation sites is 3. The molecular weight excluding hydrogens is 673 g/mol. The Hall–Kier alpha value is -7.86. The Morgan fingerprint density at radius 2 is 1.02 bits per heavy atom. The van der Waals surface area contributed by atoms with E-state index in [1.807, 2.05) is 36.4 Å². The summed E-state index contributed by atoms with van der Waals surface area (Å²) in [5, 5.41) is 16.3. The minimum Gasteiger partial charge on any atom is -0.456 e. The SMILES string of the molecule is [C-]#[N+]c1ccc2c(c1)c1ccccc1n2-c1cc(-c2cccc(-c3ccc4oc5ccccc5c4c3)c2)cc(-n2c3ccccc3c3cc(C#N)ccc32)c1. The van der Waals surface area contributed by atoms with Gasteiger partial charge in [-0.25, -0.2) is 4.85 Å². The van der Waals surface area contributed by atoms with Crippen LogP contribution in [-0.2, 0) is 0 Å². The Morgan fingerprint density at radius 3 is 1.73 bits per heavy atom. The van der Waals surface area contributed by atoms with Crippen LogP contribution in [0.25, 0.3) is 104 Å². The largest absolute Gasteiger partial charge is 0.456 e. The van der Waals surface area contributed by atoms with Crippen molar-refractivity contribution in [3.05, 3.63) is 187 Å². The van der Waals surface area contributed by atoms with Crippen LogP contribution in [0.4, 0.5) is 5.69 Å². The predicted molar refractivity (Wildman–Crippen MR) is 224 cm³/mol. The van der Waals surface area contributed by atoms with Gasteiger partial charge in [0, 0.05) is 38.3 Å². The molecule has 0 bridgehead atoms. The molecule has 0 spiro atoms. The molecule has 0 amide bonds. The van der Waals surface area contributed by atoms with Gasteiger partial charge in [0.25, 0.3) is 0 Å². The van der Waals surface area contributed by atoms with Gasteiger partial charge < -0.3 is 13.6 Å². The summed E-state index contributed by atoms with van der Waals surface area (Å²) >= 11 is 0. The summed E-state index contributed by atoms with van der Waals surface area (Å²) in [5.41, 5.74) is 13.6. The molecule has 0 aliphatic heterocycles. The van der Waals surface area contributed by atoms with E-state index in [9.17, 15) is 5.26 Å². The second-order valence-electron chi connectivity index (χ2n) is 14.0. The Kier molecular flexibility index (Phi) is 6.61. The lowest BCUT2D eigenvalue weighted by Crippen LogP contribution is -2.00. The Morgan fingerprint density at radius 1 is 0.436 bits per heavy atom. The lowest BCUT2D eigenvalue weighted by atomic mass is 9.97. The third kappa shape index (κ3) is 4.71. The van der Waals surface area contributed by atoms with E-state index in [-0.39, 0.29) is 0 Å². The highest BCUT2D eigenvalue weighted by atomic mass is 16.3. The van der Waals surface area contributed by atoms with Crippen LogP contribution >= 0.6 is 0 Å². The van der Waals surface area contributed by atoms with Crippen LogP contribution in [0.1, 0.15) is 5.56 Å². The average molecular weight is 701 g/mol. The summed E-state index contributed by atoms with van der Waals surface area (Å²) in [5.74, 6) is 0. The minimum atomic E-state index is 0.616. The van der Waals surface area contributed by atoms with E-state index in [0.717, 1.165) is 99.2 Å². The van der Waals surface area contributed by atoms with Crippen molar-refractivity contribution in [1.29, 1.82) is 5.26 Å². The quantitative estimate of drug-likeness (QED) is 0.172. The van der Waals surface area contributed by atoms with E-state index in [1.54, 1.807) is 0 Å². The monoisotopic (exact) mass is 700 g/mol. The van der Waals surface area contributed by atoms with Crippen molar-refractivity contribution < 1.29 is 4.42 Å². The number of aromatic nitrogens is 2. The topological polar surface area (TPSA) is 51.1 Å². The highest BCUT2D eigenvalue weighted by Gasteiger charge is 2.18. The zero-order chi connectivity index (χ0) is 36.6. The van der Waals surface area contributed by atoms with E-state index >= 15 is 0 Å². The van der Waals surface area contributed by atoms with Gasteiger partial charge in [-0.2, -0.15) is 5.26 Å². The lowest BCUT2D eigenvalue weighted by Gasteiger charge is -2.16. The van der Waals surface area contributed by atoms with E-state index in [1.165, 1.54) is 0 Å². The van der Waals surface area contributed by atoms with E-state index in [0.29, 0.717) is 11.3 Å². The first-order chi connectivity index (χ1) is 27.1. The van der Waals surface area contributed by atoms with Gasteiger partial charge in [0.15, 0.2) is 5.69 Å². The van der Waals surface area contributed by atoms with Crippen LogP contribution < -0.4 is 0 Å². The highest BCUT2D eigenvalue weighted by molar-refractivity contribution is 6.12. The van der Waals surface area contributed by atoms with Crippen molar-refractivity contribution in [2.24, 2.45) is 0 Å². The third-order valence-corrected chi connectivity index (χ3v) is 10.9. The molecule has 3 heterocycles. The maximum Gasteiger partial charge on any atom is 0.188 e. The zero-order valence-corrected chi connectivity index (χ0v) is 29.4. The van der Waals surface area contributed by atoms with Crippen molar-refractivity contribution in [1.82, 2.24) is 9.13 Å². The van der Waals surface area contributed by atoms with Gasteiger partial charge in [-0.15, -0.1) is 0 Å². The summed E-state index contributed by atoms with van der Waals surface area (Å²) in [7, 11) is 0. The van der Waals surface area contributed by atoms with Crippen LogP contribution in [0.2, 0.25) is 0 Å². The van der Waals surface area contributed by atoms with Gasteiger partial charge in [0.2, 0.25) is 0 Å². The number of nitrogens with zero attached hydrogens (tertiary/aromatic N) is 4. The molecule has 0 saturated carbocycles. The second kappa shape index (κ2) is 11.8. The summed E-state index contributed by atoms with van der Waals surface area (Å²) in [4.78, 5) is 3.76. The number of benzene rings is 8. The summed E-state index contributed by atoms with van der Waals surface area (Å²) in [6.45, 7) is 7.73. The third-order valence-electron chi connectivity index (χ3n) is 10.9. The molecule has 55 heavy (non-hydrogen) atoms. The molecule has 0 N–H and O–H groups in total. The van der Waals surface area contributed by atoms with Gasteiger partial charge >= 0.3 is 0 Å². The Balaban J connectivity index is 1.18. The maximum atomic E-state index is 9.82. The molecule has 11 aromatic rings. The first-order valence-corrected chi connectivity index (χ1v) is 18.2. The van der Waals surface area contributed by atoms with Gasteiger partial charge in [0.1, 0.15) is 11.2 Å². The normalized spacial score (nSPS) is 11.6. The van der Waals surface area contributed by atoms with E-state index in [2.05, 4.69) is 154 Å². The molecule has 0 saturated heterocycles. The molecule has 0 aliphatic rings. The standard InChI is InChI=1S/C50H28N4O/c1-52-36-19-21-48-43(28-36)40-12-3-6-15-46(40)54(48)38-26-35(25-37(29-38)53-45-14-5-2-11-39(45)42-23-31(30-51)17-20-47(42)53)33-10-8-9-32(24-33)34-18-22-50-44(27-34)41-13-4-7-16-49(41)55-50/h2-29H. The van der Waals surface area contributed by atoms with Crippen molar-refractivity contribution in [2.45, 2.75) is 0 Å². The molecule has 0 fully saturated rings. The van der Waals surface area contributed by atoms with Crippen molar-refractivity contribution in [2.75, 3.05) is 0 Å². The van der Waals surface area contributed by atoms with Crippen LogP contribution in [0.5, 0.6) is 0 Å². The van der Waals surface area contributed by atoms with Crippen molar-refractivity contribution >= 4 is 71.2 Å². The van der Waals surface area contributed by atoms with Crippen LogP contribution in [0.3, 0.4) is 0 Å². The number of hydrogen-bond acceptors (Lipinski definition) is 2. The number of nitriles is 1. The average Bonchev–Trinajstić information content (AvgIpc) is 3.90. The van der Waals surface area contributed by atoms with Gasteiger partial charge in [-0.05, 0) is 113 Å². The fourth-order valence-corrected chi connectivity index (χ4v) is 8.43. The lowest BCUT2D eigenvalue weighted by molar-refractivity contribution is 0.669. The molecule has 3 aromatic heterocycles. The maximum absolute atomic E-state index is 9.82. The number of rotatable bonds is 4. The number of hydrogen-bond donors (Lipinski definition) is 0. The summed E-state index contributed by atoms with van der Waals surface area (Å²) < 4.78 is 10.8. The fourth-order valence-electron chi connectivity index (χ4n) is 8.43. The second-order valence-corrected chi connectivity index (χ2v) is 14.0. The molecule has 0 aliphatic carbocycles. The molecule has 5 heteroatoms. The molecule has 254 valence electrons. The molecule has 0 radical (unpaired) electrons. The smallest absolute Gasteiger partial charge is 0.188 e. The van der Waals surface area contributed by atoms with Crippen molar-refractivity contribution in [3.8, 4) is 39.7 Å². The fraction of sp³-hybridized carbons (Fsp3) is 0. The zero-order valence-electron chi connectivity index (χ0n) is 29.4. The van der Waals surface area contributed by atoms with Crippen LogP contribution in [-0.4, -0.2) is 9.13 Å². The molecule has 0 unspecified atom stereocenters. The molecule has 0 atom stereocenters. The molecule has 8 aromatic carbocycles. The van der Waals surface area contributed by atoms with Crippen LogP contribution in [0.15, 0.2) is 174 Å². The highest BCUT2D eigenvalue weighted by Crippen LogP contribution is 2.40. The minimum absolute atomic E-state index is 0.616. The summed E-state index contributed by atoms with van der Waals surface area (Å²) in [6, 6.07) is 61.2. The summed E-state index contributed by atoms with van der Waals surface area (Å²) in [6.07, 6.45) is 0. The van der Waals surface area contributed by atoms with Crippen LogP contribution in [0, 0.1) is 17.9 Å². The molecular formula is C50H28N4O. The Bertz CT molecular complexity index is 3320. The number of furan rings is 1. The van der Waals surface area contributed by atoms with E-state index < -0.39 is 0 Å². The molecule has 11 rings (SSSR count). The van der Waals surface area contributed by atoms with Gasteiger partial charge in [-0.3, -0.25) is 0 Å². The first kappa shape index (κ1) is 30.7. The molecule has 5 nitrogen and oxygen atoms in total. The predicted octanol–water partition coefficient (Wildman–Crippen LogP) is 13.5. The first-order valence-electron chi connectivity index (χ1n) is 18.2.